The Kier molecular flexibility index (Phi) is 6.50. The van der Waals surface area contributed by atoms with E-state index in [0.717, 1.165) is 24.8 Å². The van der Waals surface area contributed by atoms with Crippen molar-refractivity contribution < 1.29 is 13.2 Å². The summed E-state index contributed by atoms with van der Waals surface area (Å²) in [4.78, 5) is 21.6. The summed E-state index contributed by atoms with van der Waals surface area (Å²) in [6.45, 7) is 1.77. The standard InChI is InChI=1S/C20H24BrN3O3S/c1-13-22-10-9-19(23-13)24-20(25)16(11-14-5-3-4-6-14)15-7-8-18(17(21)12-15)28(2,26)27/h7-10,12,14,16H,3-6,11H2,1-2H3,(H,22,23,24,25). The number of sulfone groups is 1. The van der Waals surface area contributed by atoms with Crippen LogP contribution in [-0.2, 0) is 14.6 Å². The molecule has 1 aromatic heterocycles. The van der Waals surface area contributed by atoms with Crippen molar-refractivity contribution in [3.05, 3.63) is 46.3 Å². The molecule has 1 aliphatic rings. The van der Waals surface area contributed by atoms with Crippen LogP contribution in [0.15, 0.2) is 39.8 Å². The Morgan fingerprint density at radius 3 is 2.61 bits per heavy atom. The summed E-state index contributed by atoms with van der Waals surface area (Å²) in [6.07, 6.45) is 8.16. The summed E-state index contributed by atoms with van der Waals surface area (Å²) in [7, 11) is -3.34. The minimum Gasteiger partial charge on any atom is -0.310 e. The van der Waals surface area contributed by atoms with Gasteiger partial charge in [-0.2, -0.15) is 0 Å². The van der Waals surface area contributed by atoms with Crippen LogP contribution in [0.5, 0.6) is 0 Å². The fraction of sp³-hybridized carbons (Fsp3) is 0.450. The van der Waals surface area contributed by atoms with E-state index < -0.39 is 9.84 Å². The molecule has 0 radical (unpaired) electrons. The maximum absolute atomic E-state index is 13.1. The zero-order valence-electron chi connectivity index (χ0n) is 16.0. The van der Waals surface area contributed by atoms with Crippen molar-refractivity contribution in [3.8, 4) is 0 Å². The van der Waals surface area contributed by atoms with Crippen LogP contribution in [0, 0.1) is 12.8 Å². The van der Waals surface area contributed by atoms with Crippen LogP contribution >= 0.6 is 15.9 Å². The number of hydrogen-bond acceptors (Lipinski definition) is 5. The van der Waals surface area contributed by atoms with Crippen molar-refractivity contribution >= 4 is 37.5 Å². The molecule has 1 aromatic carbocycles. The normalized spacial score (nSPS) is 16.1. The van der Waals surface area contributed by atoms with Crippen molar-refractivity contribution in [3.63, 3.8) is 0 Å². The van der Waals surface area contributed by atoms with Gasteiger partial charge in [-0.25, -0.2) is 18.4 Å². The number of carbonyl (C=O) groups excluding carboxylic acids is 1. The monoisotopic (exact) mass is 465 g/mol. The molecule has 0 spiro atoms. The molecule has 0 bridgehead atoms. The summed E-state index contributed by atoms with van der Waals surface area (Å²) in [5.41, 5.74) is 0.800. The molecule has 0 saturated heterocycles. The Morgan fingerprint density at radius 2 is 2.00 bits per heavy atom. The van der Waals surface area contributed by atoms with E-state index in [9.17, 15) is 13.2 Å². The number of carbonyl (C=O) groups is 1. The van der Waals surface area contributed by atoms with Gasteiger partial charge in [0.25, 0.3) is 0 Å². The maximum Gasteiger partial charge on any atom is 0.233 e. The van der Waals surface area contributed by atoms with Crippen LogP contribution in [0.3, 0.4) is 0 Å². The number of amides is 1. The Labute approximate surface area is 174 Å². The van der Waals surface area contributed by atoms with E-state index in [4.69, 9.17) is 0 Å². The molecule has 2 aromatic rings. The fourth-order valence-electron chi connectivity index (χ4n) is 3.75. The molecule has 8 heteroatoms. The van der Waals surface area contributed by atoms with E-state index in [-0.39, 0.29) is 16.7 Å². The first-order valence-electron chi connectivity index (χ1n) is 9.34. The lowest BCUT2D eigenvalue weighted by Gasteiger charge is -2.21. The van der Waals surface area contributed by atoms with Gasteiger partial charge in [-0.05, 0) is 59.0 Å². The second kappa shape index (κ2) is 8.69. The van der Waals surface area contributed by atoms with Crippen LogP contribution in [0.1, 0.15) is 49.4 Å². The van der Waals surface area contributed by atoms with Gasteiger partial charge in [0, 0.05) is 16.9 Å². The molecule has 150 valence electrons. The molecule has 1 amide bonds. The van der Waals surface area contributed by atoms with Crippen molar-refractivity contribution in [1.29, 1.82) is 0 Å². The molecule has 6 nitrogen and oxygen atoms in total. The van der Waals surface area contributed by atoms with Gasteiger partial charge in [0.2, 0.25) is 5.91 Å². The number of rotatable bonds is 6. The number of halogens is 1. The predicted molar refractivity (Wildman–Crippen MR) is 112 cm³/mol. The number of nitrogens with one attached hydrogen (secondary N) is 1. The first-order chi connectivity index (χ1) is 13.2. The first-order valence-corrected chi connectivity index (χ1v) is 12.0. The molecule has 1 aliphatic carbocycles. The van der Waals surface area contributed by atoms with E-state index in [1.807, 2.05) is 0 Å². The lowest BCUT2D eigenvalue weighted by atomic mass is 9.87. The number of benzene rings is 1. The number of anilines is 1. The van der Waals surface area contributed by atoms with Crippen molar-refractivity contribution in [1.82, 2.24) is 9.97 Å². The third kappa shape index (κ3) is 5.17. The predicted octanol–water partition coefficient (Wildman–Crippen LogP) is 4.25. The number of nitrogens with zero attached hydrogens (tertiary/aromatic N) is 2. The van der Waals surface area contributed by atoms with Crippen LogP contribution in [0.4, 0.5) is 5.82 Å². The molecule has 1 unspecified atom stereocenters. The average molecular weight is 466 g/mol. The topological polar surface area (TPSA) is 89.0 Å². The Bertz CT molecular complexity index is 972. The highest BCUT2D eigenvalue weighted by Gasteiger charge is 2.28. The Hall–Kier alpha value is -1.80. The molecule has 3 rings (SSSR count). The first kappa shape index (κ1) is 20.9. The average Bonchev–Trinajstić information content (AvgIpc) is 3.11. The van der Waals surface area contributed by atoms with E-state index in [1.165, 1.54) is 19.1 Å². The third-order valence-corrected chi connectivity index (χ3v) is 7.22. The lowest BCUT2D eigenvalue weighted by molar-refractivity contribution is -0.118. The van der Waals surface area contributed by atoms with Crippen LogP contribution in [-0.4, -0.2) is 30.5 Å². The second-order valence-electron chi connectivity index (χ2n) is 7.38. The van der Waals surface area contributed by atoms with Crippen LogP contribution < -0.4 is 5.32 Å². The minimum absolute atomic E-state index is 0.135. The molecule has 1 saturated carbocycles. The molecular weight excluding hydrogens is 442 g/mol. The molecule has 1 atom stereocenters. The zero-order valence-corrected chi connectivity index (χ0v) is 18.4. The fourth-order valence-corrected chi connectivity index (χ4v) is 5.75. The lowest BCUT2D eigenvalue weighted by Crippen LogP contribution is -2.24. The van der Waals surface area contributed by atoms with Crippen LogP contribution in [0.2, 0.25) is 0 Å². The molecule has 1 fully saturated rings. The minimum atomic E-state index is -3.34. The smallest absolute Gasteiger partial charge is 0.233 e. The third-order valence-electron chi connectivity index (χ3n) is 5.15. The Balaban J connectivity index is 1.90. The van der Waals surface area contributed by atoms with E-state index >= 15 is 0 Å². The summed E-state index contributed by atoms with van der Waals surface area (Å²) in [5.74, 6) is 1.05. The van der Waals surface area contributed by atoms with Gasteiger partial charge in [-0.3, -0.25) is 4.79 Å². The van der Waals surface area contributed by atoms with Gasteiger partial charge >= 0.3 is 0 Å². The van der Waals surface area contributed by atoms with Crippen LogP contribution in [0.25, 0.3) is 0 Å². The van der Waals surface area contributed by atoms with Crippen molar-refractivity contribution in [2.45, 2.75) is 49.8 Å². The molecule has 0 aliphatic heterocycles. The number of hydrogen-bond donors (Lipinski definition) is 1. The number of aryl methyl sites for hydroxylation is 1. The summed E-state index contributed by atoms with van der Waals surface area (Å²) >= 11 is 3.36. The van der Waals surface area contributed by atoms with Gasteiger partial charge in [-0.1, -0.05) is 31.7 Å². The summed E-state index contributed by atoms with van der Waals surface area (Å²) < 4.78 is 24.3. The quantitative estimate of drug-likeness (QED) is 0.688. The van der Waals surface area contributed by atoms with E-state index in [1.54, 1.807) is 37.4 Å². The van der Waals surface area contributed by atoms with Gasteiger partial charge in [0.1, 0.15) is 11.6 Å². The van der Waals surface area contributed by atoms with Crippen molar-refractivity contribution in [2.24, 2.45) is 5.92 Å². The zero-order chi connectivity index (χ0) is 20.3. The highest BCUT2D eigenvalue weighted by Crippen LogP contribution is 2.36. The molecule has 1 heterocycles. The highest BCUT2D eigenvalue weighted by molar-refractivity contribution is 9.10. The summed E-state index contributed by atoms with van der Waals surface area (Å²) in [5, 5.41) is 2.90. The molecule has 28 heavy (non-hydrogen) atoms. The SMILES string of the molecule is Cc1nccc(NC(=O)C(CC2CCCC2)c2ccc(S(C)(=O)=O)c(Br)c2)n1. The van der Waals surface area contributed by atoms with Gasteiger partial charge in [0.05, 0.1) is 10.8 Å². The van der Waals surface area contributed by atoms with Gasteiger partial charge < -0.3 is 5.32 Å². The summed E-state index contributed by atoms with van der Waals surface area (Å²) in [6, 6.07) is 6.73. The highest BCUT2D eigenvalue weighted by atomic mass is 79.9. The van der Waals surface area contributed by atoms with E-state index in [0.29, 0.717) is 22.0 Å². The second-order valence-corrected chi connectivity index (χ2v) is 10.2. The number of aromatic nitrogens is 2. The van der Waals surface area contributed by atoms with Crippen molar-refractivity contribution in [2.75, 3.05) is 11.6 Å². The maximum atomic E-state index is 13.1. The van der Waals surface area contributed by atoms with E-state index in [2.05, 4.69) is 31.2 Å². The molecular formula is C20H24BrN3O3S. The Morgan fingerprint density at radius 1 is 1.29 bits per heavy atom. The van der Waals surface area contributed by atoms with Gasteiger partial charge in [0.15, 0.2) is 9.84 Å². The largest absolute Gasteiger partial charge is 0.310 e. The molecule has 1 N–H and O–H groups in total. The van der Waals surface area contributed by atoms with Gasteiger partial charge in [-0.15, -0.1) is 0 Å².